The first-order chi connectivity index (χ1) is 10.9. The van der Waals surface area contributed by atoms with Gasteiger partial charge in [0.1, 0.15) is 5.75 Å². The van der Waals surface area contributed by atoms with Crippen LogP contribution in [0.1, 0.15) is 54.0 Å². The van der Waals surface area contributed by atoms with E-state index in [1.165, 1.54) is 0 Å². The molecule has 0 aliphatic carbocycles. The standard InChI is InChI=1S/C18H25N3O2/c1-11(2)17-16(13(4)20-21-17)18(22)19-12(3)9-14-7-6-8-15(10-14)23-5/h6-8,10-12H,9H2,1-5H3,(H,19,22)(H,20,21). The Balaban J connectivity index is 2.06. The second kappa shape index (κ2) is 7.31. The zero-order chi connectivity index (χ0) is 17.0. The lowest BCUT2D eigenvalue weighted by molar-refractivity contribution is 0.0938. The largest absolute Gasteiger partial charge is 0.497 e. The Kier molecular flexibility index (Phi) is 5.42. The number of aromatic nitrogens is 2. The highest BCUT2D eigenvalue weighted by molar-refractivity contribution is 5.96. The van der Waals surface area contributed by atoms with Gasteiger partial charge in [-0.1, -0.05) is 26.0 Å². The summed E-state index contributed by atoms with van der Waals surface area (Å²) in [5.74, 6) is 0.957. The number of H-pyrrole nitrogens is 1. The number of nitrogens with zero attached hydrogens (tertiary/aromatic N) is 1. The Morgan fingerprint density at radius 3 is 2.74 bits per heavy atom. The van der Waals surface area contributed by atoms with Crippen molar-refractivity contribution in [3.8, 4) is 5.75 Å². The molecule has 0 aliphatic heterocycles. The quantitative estimate of drug-likeness (QED) is 0.860. The van der Waals surface area contributed by atoms with E-state index in [9.17, 15) is 4.79 Å². The molecule has 2 N–H and O–H groups in total. The number of hydrogen-bond acceptors (Lipinski definition) is 3. The zero-order valence-electron chi connectivity index (χ0n) is 14.4. The van der Waals surface area contributed by atoms with Crippen molar-refractivity contribution in [3.63, 3.8) is 0 Å². The second-order valence-corrected chi connectivity index (χ2v) is 6.19. The summed E-state index contributed by atoms with van der Waals surface area (Å²) in [7, 11) is 1.65. The van der Waals surface area contributed by atoms with Crippen molar-refractivity contribution in [1.29, 1.82) is 0 Å². The van der Waals surface area contributed by atoms with E-state index in [-0.39, 0.29) is 17.9 Å². The predicted octanol–water partition coefficient (Wildman–Crippen LogP) is 3.21. The number of rotatable bonds is 6. The molecule has 1 unspecified atom stereocenters. The molecular formula is C18H25N3O2. The summed E-state index contributed by atoms with van der Waals surface area (Å²) >= 11 is 0. The molecule has 1 aromatic carbocycles. The maximum atomic E-state index is 12.6. The van der Waals surface area contributed by atoms with Crippen LogP contribution in [-0.2, 0) is 6.42 Å². The van der Waals surface area contributed by atoms with Crippen molar-refractivity contribution < 1.29 is 9.53 Å². The molecule has 0 spiro atoms. The molecule has 23 heavy (non-hydrogen) atoms. The first-order valence-corrected chi connectivity index (χ1v) is 7.91. The van der Waals surface area contributed by atoms with E-state index in [1.54, 1.807) is 7.11 Å². The van der Waals surface area contributed by atoms with Crippen LogP contribution in [0.4, 0.5) is 0 Å². The van der Waals surface area contributed by atoms with E-state index < -0.39 is 0 Å². The lowest BCUT2D eigenvalue weighted by Gasteiger charge is -2.15. The normalized spacial score (nSPS) is 12.3. The molecule has 0 saturated heterocycles. The smallest absolute Gasteiger partial charge is 0.255 e. The van der Waals surface area contributed by atoms with Crippen molar-refractivity contribution in [2.45, 2.75) is 46.1 Å². The van der Waals surface area contributed by atoms with Crippen LogP contribution in [0, 0.1) is 6.92 Å². The number of carbonyl (C=O) groups excluding carboxylic acids is 1. The third kappa shape index (κ3) is 4.12. The van der Waals surface area contributed by atoms with Gasteiger partial charge in [-0.05, 0) is 43.9 Å². The summed E-state index contributed by atoms with van der Waals surface area (Å²) < 4.78 is 5.23. The Labute approximate surface area is 137 Å². The number of amides is 1. The molecule has 5 nitrogen and oxygen atoms in total. The Hall–Kier alpha value is -2.30. The molecule has 5 heteroatoms. The van der Waals surface area contributed by atoms with Crippen molar-refractivity contribution in [2.75, 3.05) is 7.11 Å². The molecule has 0 fully saturated rings. The fraction of sp³-hybridized carbons (Fsp3) is 0.444. The van der Waals surface area contributed by atoms with Gasteiger partial charge < -0.3 is 10.1 Å². The predicted molar refractivity (Wildman–Crippen MR) is 91.0 cm³/mol. The fourth-order valence-corrected chi connectivity index (χ4v) is 2.65. The Morgan fingerprint density at radius 2 is 2.09 bits per heavy atom. The average molecular weight is 315 g/mol. The molecule has 1 atom stereocenters. The molecule has 0 radical (unpaired) electrons. The van der Waals surface area contributed by atoms with Gasteiger partial charge in [-0.2, -0.15) is 5.10 Å². The summed E-state index contributed by atoms with van der Waals surface area (Å²) in [5.41, 5.74) is 3.41. The van der Waals surface area contributed by atoms with Gasteiger partial charge >= 0.3 is 0 Å². The number of carbonyl (C=O) groups is 1. The van der Waals surface area contributed by atoms with Crippen LogP contribution < -0.4 is 10.1 Å². The van der Waals surface area contributed by atoms with Crippen LogP contribution in [0.3, 0.4) is 0 Å². The molecule has 2 rings (SSSR count). The van der Waals surface area contributed by atoms with Gasteiger partial charge in [0.25, 0.3) is 5.91 Å². The third-order valence-corrected chi connectivity index (χ3v) is 3.80. The summed E-state index contributed by atoms with van der Waals surface area (Å²) in [6.45, 7) is 7.94. The molecular weight excluding hydrogens is 290 g/mol. The van der Waals surface area contributed by atoms with Crippen molar-refractivity contribution in [3.05, 3.63) is 46.8 Å². The molecule has 0 bridgehead atoms. The first-order valence-electron chi connectivity index (χ1n) is 7.91. The van der Waals surface area contributed by atoms with Crippen LogP contribution >= 0.6 is 0 Å². The molecule has 1 aromatic heterocycles. The zero-order valence-corrected chi connectivity index (χ0v) is 14.4. The van der Waals surface area contributed by atoms with E-state index >= 15 is 0 Å². The van der Waals surface area contributed by atoms with Crippen LogP contribution in [0.5, 0.6) is 5.75 Å². The average Bonchev–Trinajstić information content (AvgIpc) is 2.89. The minimum Gasteiger partial charge on any atom is -0.497 e. The van der Waals surface area contributed by atoms with Crippen molar-refractivity contribution in [1.82, 2.24) is 15.5 Å². The maximum absolute atomic E-state index is 12.6. The Morgan fingerprint density at radius 1 is 1.35 bits per heavy atom. The summed E-state index contributed by atoms with van der Waals surface area (Å²) in [6.07, 6.45) is 0.747. The molecule has 0 saturated carbocycles. The number of benzene rings is 1. The minimum atomic E-state index is -0.0738. The third-order valence-electron chi connectivity index (χ3n) is 3.80. The van der Waals surface area contributed by atoms with E-state index in [0.29, 0.717) is 5.56 Å². The van der Waals surface area contributed by atoms with Gasteiger partial charge in [-0.25, -0.2) is 0 Å². The summed E-state index contributed by atoms with van der Waals surface area (Å²) in [6, 6.07) is 7.92. The first kappa shape index (κ1) is 17.1. The number of ether oxygens (including phenoxy) is 1. The minimum absolute atomic E-state index is 0.0175. The SMILES string of the molecule is COc1cccc(CC(C)NC(=O)c2c(C(C)C)n[nH]c2C)c1. The molecule has 124 valence electrons. The summed E-state index contributed by atoms with van der Waals surface area (Å²) in [4.78, 5) is 12.6. The van der Waals surface area contributed by atoms with Gasteiger partial charge in [0, 0.05) is 11.7 Å². The Bertz CT molecular complexity index is 677. The van der Waals surface area contributed by atoms with E-state index in [2.05, 4.69) is 15.5 Å². The number of methoxy groups -OCH3 is 1. The molecule has 0 aliphatic rings. The van der Waals surface area contributed by atoms with E-state index in [0.717, 1.165) is 29.1 Å². The highest BCUT2D eigenvalue weighted by atomic mass is 16.5. The highest BCUT2D eigenvalue weighted by Gasteiger charge is 2.21. The monoisotopic (exact) mass is 315 g/mol. The second-order valence-electron chi connectivity index (χ2n) is 6.19. The van der Waals surface area contributed by atoms with Crippen molar-refractivity contribution >= 4 is 5.91 Å². The number of hydrogen-bond donors (Lipinski definition) is 2. The topological polar surface area (TPSA) is 67.0 Å². The lowest BCUT2D eigenvalue weighted by Crippen LogP contribution is -2.34. The van der Waals surface area contributed by atoms with Gasteiger partial charge in [-0.15, -0.1) is 0 Å². The molecule has 2 aromatic rings. The number of aromatic amines is 1. The van der Waals surface area contributed by atoms with Gasteiger partial charge in [0.2, 0.25) is 0 Å². The van der Waals surface area contributed by atoms with Gasteiger partial charge in [0.05, 0.1) is 18.4 Å². The van der Waals surface area contributed by atoms with Crippen LogP contribution in [0.25, 0.3) is 0 Å². The highest BCUT2D eigenvalue weighted by Crippen LogP contribution is 2.20. The van der Waals surface area contributed by atoms with Crippen molar-refractivity contribution in [2.24, 2.45) is 0 Å². The number of aryl methyl sites for hydroxylation is 1. The molecule has 1 amide bonds. The fourth-order valence-electron chi connectivity index (χ4n) is 2.65. The lowest BCUT2D eigenvalue weighted by atomic mass is 10.0. The van der Waals surface area contributed by atoms with E-state index in [1.807, 2.05) is 52.0 Å². The number of nitrogens with one attached hydrogen (secondary N) is 2. The van der Waals surface area contributed by atoms with Gasteiger partial charge in [0.15, 0.2) is 0 Å². The van der Waals surface area contributed by atoms with Crippen LogP contribution in [0.15, 0.2) is 24.3 Å². The summed E-state index contributed by atoms with van der Waals surface area (Å²) in [5, 5.41) is 10.2. The maximum Gasteiger partial charge on any atom is 0.255 e. The van der Waals surface area contributed by atoms with E-state index in [4.69, 9.17) is 4.74 Å². The van der Waals surface area contributed by atoms with Gasteiger partial charge in [-0.3, -0.25) is 9.89 Å². The van der Waals surface area contributed by atoms with Crippen LogP contribution in [-0.4, -0.2) is 29.3 Å². The van der Waals surface area contributed by atoms with Crippen LogP contribution in [0.2, 0.25) is 0 Å². The molecule has 1 heterocycles.